The van der Waals surface area contributed by atoms with Gasteiger partial charge in [-0.15, -0.1) is 0 Å². The van der Waals surface area contributed by atoms with E-state index in [1.807, 2.05) is 6.07 Å². The summed E-state index contributed by atoms with van der Waals surface area (Å²) in [5.74, 6) is -1.16. The first-order valence-electron chi connectivity index (χ1n) is 8.56. The van der Waals surface area contributed by atoms with Gasteiger partial charge in [0.1, 0.15) is 5.69 Å². The third kappa shape index (κ3) is 4.81. The van der Waals surface area contributed by atoms with Crippen LogP contribution in [0.25, 0.3) is 0 Å². The first kappa shape index (κ1) is 18.4. The largest absolute Gasteiger partial charge is 0.449 e. The van der Waals surface area contributed by atoms with Crippen molar-refractivity contribution >= 4 is 28.9 Å². The number of carbonyl (C=O) groups excluding carboxylic acids is 2. The lowest BCUT2D eigenvalue weighted by Gasteiger charge is -2.13. The predicted molar refractivity (Wildman–Crippen MR) is 98.9 cm³/mol. The molecule has 1 aliphatic rings. The van der Waals surface area contributed by atoms with E-state index in [1.54, 1.807) is 24.3 Å². The number of benzene rings is 2. The number of anilines is 2. The summed E-state index contributed by atoms with van der Waals surface area (Å²) in [6, 6.07) is 13.1. The van der Waals surface area contributed by atoms with Gasteiger partial charge in [-0.2, -0.15) is 0 Å². The molecule has 2 aromatic carbocycles. The molecule has 2 aromatic rings. The molecule has 27 heavy (non-hydrogen) atoms. The van der Waals surface area contributed by atoms with E-state index in [4.69, 9.17) is 4.74 Å². The van der Waals surface area contributed by atoms with E-state index in [1.165, 1.54) is 19.1 Å². The standard InChI is InChI=1S/C19H19N3O5/c1-12(18(23)21-15-8-9-15)27-19(24)13-7-10-16(17(11-13)22(25)26)20-14-5-3-2-4-6-14/h2-7,10-12,15,20H,8-9H2,1H3,(H,21,23). The van der Waals surface area contributed by atoms with Gasteiger partial charge in [0.05, 0.1) is 10.5 Å². The van der Waals surface area contributed by atoms with Crippen molar-refractivity contribution in [1.82, 2.24) is 5.32 Å². The lowest BCUT2D eigenvalue weighted by molar-refractivity contribution is -0.383. The highest BCUT2D eigenvalue weighted by atomic mass is 16.6. The Bertz CT molecular complexity index is 865. The molecule has 0 saturated heterocycles. The third-order valence-electron chi connectivity index (χ3n) is 4.06. The van der Waals surface area contributed by atoms with E-state index in [9.17, 15) is 19.7 Å². The molecule has 8 nitrogen and oxygen atoms in total. The fraction of sp³-hybridized carbons (Fsp3) is 0.263. The van der Waals surface area contributed by atoms with Crippen molar-refractivity contribution < 1.29 is 19.2 Å². The van der Waals surface area contributed by atoms with E-state index >= 15 is 0 Å². The highest BCUT2D eigenvalue weighted by Crippen LogP contribution is 2.29. The number of hydrogen-bond donors (Lipinski definition) is 2. The van der Waals surface area contributed by atoms with Crippen molar-refractivity contribution in [3.8, 4) is 0 Å². The minimum Gasteiger partial charge on any atom is -0.449 e. The third-order valence-corrected chi connectivity index (χ3v) is 4.06. The maximum absolute atomic E-state index is 12.3. The van der Waals surface area contributed by atoms with Crippen LogP contribution in [0, 0.1) is 10.1 Å². The number of nitro groups is 1. The number of amides is 1. The van der Waals surface area contributed by atoms with Crippen LogP contribution < -0.4 is 10.6 Å². The summed E-state index contributed by atoms with van der Waals surface area (Å²) in [5, 5.41) is 17.1. The lowest BCUT2D eigenvalue weighted by atomic mass is 10.1. The molecule has 3 rings (SSSR count). The number of hydrogen-bond acceptors (Lipinski definition) is 6. The van der Waals surface area contributed by atoms with Gasteiger partial charge < -0.3 is 15.4 Å². The molecule has 1 fully saturated rings. The van der Waals surface area contributed by atoms with Gasteiger partial charge in [0.15, 0.2) is 6.10 Å². The Morgan fingerprint density at radius 1 is 1.19 bits per heavy atom. The number of para-hydroxylation sites is 1. The first-order valence-corrected chi connectivity index (χ1v) is 8.56. The molecule has 1 atom stereocenters. The summed E-state index contributed by atoms with van der Waals surface area (Å²) in [4.78, 5) is 35.0. The average Bonchev–Trinajstić information content (AvgIpc) is 3.46. The highest BCUT2D eigenvalue weighted by molar-refractivity contribution is 5.94. The molecule has 8 heteroatoms. The van der Waals surface area contributed by atoms with Crippen molar-refractivity contribution in [1.29, 1.82) is 0 Å². The lowest BCUT2D eigenvalue weighted by Crippen LogP contribution is -2.37. The second-order valence-corrected chi connectivity index (χ2v) is 6.31. The summed E-state index contributed by atoms with van der Waals surface area (Å²) < 4.78 is 5.13. The van der Waals surface area contributed by atoms with Crippen LogP contribution in [0.3, 0.4) is 0 Å². The van der Waals surface area contributed by atoms with Crippen molar-refractivity contribution in [2.24, 2.45) is 0 Å². The second kappa shape index (κ2) is 7.86. The van der Waals surface area contributed by atoms with E-state index in [0.717, 1.165) is 18.9 Å². The Hall–Kier alpha value is -3.42. The van der Waals surface area contributed by atoms with Crippen LogP contribution in [0.5, 0.6) is 0 Å². The summed E-state index contributed by atoms with van der Waals surface area (Å²) in [7, 11) is 0. The van der Waals surface area contributed by atoms with Gasteiger partial charge in [-0.05, 0) is 44.0 Å². The molecule has 2 N–H and O–H groups in total. The number of esters is 1. The topological polar surface area (TPSA) is 111 Å². The second-order valence-electron chi connectivity index (χ2n) is 6.31. The molecule has 0 radical (unpaired) electrons. The van der Waals surface area contributed by atoms with Crippen molar-refractivity contribution in [3.05, 3.63) is 64.2 Å². The summed E-state index contributed by atoms with van der Waals surface area (Å²) in [5.41, 5.74) is 0.679. The van der Waals surface area contributed by atoms with Gasteiger partial charge in [-0.1, -0.05) is 18.2 Å². The zero-order valence-corrected chi connectivity index (χ0v) is 14.7. The van der Waals surface area contributed by atoms with E-state index in [-0.39, 0.29) is 28.9 Å². The Kier molecular flexibility index (Phi) is 5.35. The van der Waals surface area contributed by atoms with Crippen LogP contribution in [0.2, 0.25) is 0 Å². The van der Waals surface area contributed by atoms with E-state index < -0.39 is 17.0 Å². The summed E-state index contributed by atoms with van der Waals surface area (Å²) in [6.07, 6.45) is 0.877. The highest BCUT2D eigenvalue weighted by Gasteiger charge is 2.28. The molecule has 0 spiro atoms. The molecule has 0 aliphatic heterocycles. The van der Waals surface area contributed by atoms with Gasteiger partial charge >= 0.3 is 5.97 Å². The Balaban J connectivity index is 1.73. The van der Waals surface area contributed by atoms with Gasteiger partial charge in [-0.25, -0.2) is 4.79 Å². The van der Waals surface area contributed by atoms with Crippen LogP contribution in [0.4, 0.5) is 17.1 Å². The van der Waals surface area contributed by atoms with Crippen molar-refractivity contribution in [2.75, 3.05) is 5.32 Å². The number of nitro benzene ring substituents is 1. The van der Waals surface area contributed by atoms with Crippen LogP contribution in [-0.2, 0) is 9.53 Å². The number of nitrogens with zero attached hydrogens (tertiary/aromatic N) is 1. The van der Waals surface area contributed by atoms with Crippen molar-refractivity contribution in [3.63, 3.8) is 0 Å². The Labute approximate surface area is 155 Å². The molecule has 1 aliphatic carbocycles. The first-order chi connectivity index (χ1) is 12.9. The minimum absolute atomic E-state index is 0.00591. The van der Waals surface area contributed by atoms with Gasteiger partial charge in [-0.3, -0.25) is 14.9 Å². The molecule has 1 saturated carbocycles. The molecule has 1 amide bonds. The maximum atomic E-state index is 12.3. The molecule has 0 heterocycles. The smallest absolute Gasteiger partial charge is 0.339 e. The monoisotopic (exact) mass is 369 g/mol. The normalized spacial score (nSPS) is 14.1. The van der Waals surface area contributed by atoms with E-state index in [2.05, 4.69) is 10.6 Å². The van der Waals surface area contributed by atoms with E-state index in [0.29, 0.717) is 5.69 Å². The zero-order chi connectivity index (χ0) is 19.4. The Morgan fingerprint density at radius 3 is 2.52 bits per heavy atom. The number of carbonyl (C=O) groups is 2. The minimum atomic E-state index is -0.973. The SMILES string of the molecule is CC(OC(=O)c1ccc(Nc2ccccc2)c([N+](=O)[O-])c1)C(=O)NC1CC1. The van der Waals surface area contributed by atoms with Crippen molar-refractivity contribution in [2.45, 2.75) is 31.9 Å². The van der Waals surface area contributed by atoms with Crippen LogP contribution in [0.1, 0.15) is 30.1 Å². The molecule has 0 bridgehead atoms. The van der Waals surface area contributed by atoms with Crippen LogP contribution >= 0.6 is 0 Å². The van der Waals surface area contributed by atoms with Crippen LogP contribution in [-0.4, -0.2) is 28.9 Å². The van der Waals surface area contributed by atoms with Gasteiger partial charge in [0, 0.05) is 17.8 Å². The molecule has 1 unspecified atom stereocenters. The van der Waals surface area contributed by atoms with Gasteiger partial charge in [0.2, 0.25) is 0 Å². The Morgan fingerprint density at radius 2 is 1.89 bits per heavy atom. The number of rotatable bonds is 7. The number of ether oxygens (including phenoxy) is 1. The quantitative estimate of drug-likeness (QED) is 0.441. The predicted octanol–water partition coefficient (Wildman–Crippen LogP) is 3.16. The zero-order valence-electron chi connectivity index (χ0n) is 14.7. The van der Waals surface area contributed by atoms with Crippen LogP contribution in [0.15, 0.2) is 48.5 Å². The average molecular weight is 369 g/mol. The molecular weight excluding hydrogens is 350 g/mol. The molecular formula is C19H19N3O5. The fourth-order valence-corrected chi connectivity index (χ4v) is 2.42. The summed E-state index contributed by atoms with van der Waals surface area (Å²) in [6.45, 7) is 1.47. The fourth-order valence-electron chi connectivity index (χ4n) is 2.42. The van der Waals surface area contributed by atoms with Gasteiger partial charge in [0.25, 0.3) is 11.6 Å². The maximum Gasteiger partial charge on any atom is 0.339 e. The number of nitrogens with one attached hydrogen (secondary N) is 2. The molecule has 0 aromatic heterocycles. The molecule has 140 valence electrons. The summed E-state index contributed by atoms with van der Waals surface area (Å²) >= 11 is 0.